The summed E-state index contributed by atoms with van der Waals surface area (Å²) in [5.74, 6) is 0.0649. The van der Waals surface area contributed by atoms with Crippen molar-refractivity contribution in [3.8, 4) is 0 Å². The molecule has 5 heteroatoms. The second-order valence-electron chi connectivity index (χ2n) is 4.80. The molecule has 0 saturated carbocycles. The predicted octanol–water partition coefficient (Wildman–Crippen LogP) is 1.22. The van der Waals surface area contributed by atoms with Gasteiger partial charge in [-0.1, -0.05) is 42.5 Å². The lowest BCUT2D eigenvalue weighted by atomic mass is 9.99. The van der Waals surface area contributed by atoms with E-state index in [1.165, 1.54) is 0 Å². The Balaban J connectivity index is 2.27. The predicted molar refractivity (Wildman–Crippen MR) is 79.8 cm³/mol. The summed E-state index contributed by atoms with van der Waals surface area (Å²) >= 11 is 5.06. The fraction of sp³-hybridized carbons (Fsp3) is 0.429. The Bertz CT molecular complexity index is 463. The first-order chi connectivity index (χ1) is 9.09. The van der Waals surface area contributed by atoms with Crippen LogP contribution in [0.4, 0.5) is 0 Å². The Hall–Kier alpha value is -1.46. The molecule has 1 aliphatic rings. The zero-order valence-corrected chi connectivity index (χ0v) is 11.8. The number of hydrogen-bond acceptors (Lipinski definition) is 3. The third kappa shape index (κ3) is 3.30. The van der Waals surface area contributed by atoms with Crippen molar-refractivity contribution in [1.82, 2.24) is 10.2 Å². The summed E-state index contributed by atoms with van der Waals surface area (Å²) in [5, 5.41) is 2.88. The van der Waals surface area contributed by atoms with E-state index in [4.69, 9.17) is 18.0 Å². The number of carbonyl (C=O) groups excluding carboxylic acids is 1. The van der Waals surface area contributed by atoms with E-state index in [0.717, 1.165) is 12.1 Å². The summed E-state index contributed by atoms with van der Waals surface area (Å²) in [5.41, 5.74) is 6.87. The van der Waals surface area contributed by atoms with E-state index in [1.54, 1.807) is 0 Å². The Kier molecular flexibility index (Phi) is 4.50. The number of nitrogens with two attached hydrogens (primary N) is 1. The highest BCUT2D eigenvalue weighted by molar-refractivity contribution is 7.80. The molecule has 1 saturated heterocycles. The van der Waals surface area contributed by atoms with Gasteiger partial charge in [-0.05, 0) is 12.5 Å². The van der Waals surface area contributed by atoms with Crippen molar-refractivity contribution < 1.29 is 4.79 Å². The van der Waals surface area contributed by atoms with Gasteiger partial charge in [0.1, 0.15) is 0 Å². The molecule has 2 atom stereocenters. The highest BCUT2D eigenvalue weighted by Crippen LogP contribution is 2.27. The van der Waals surface area contributed by atoms with Gasteiger partial charge in [-0.3, -0.25) is 9.69 Å². The van der Waals surface area contributed by atoms with Crippen molar-refractivity contribution in [3.63, 3.8) is 0 Å². The molecule has 1 heterocycles. The van der Waals surface area contributed by atoms with Gasteiger partial charge in [-0.2, -0.15) is 0 Å². The lowest BCUT2D eigenvalue weighted by Gasteiger charge is -2.39. The zero-order chi connectivity index (χ0) is 13.8. The Morgan fingerprint density at radius 1 is 1.53 bits per heavy atom. The van der Waals surface area contributed by atoms with E-state index >= 15 is 0 Å². The first kappa shape index (κ1) is 14.0. The molecule has 0 bridgehead atoms. The quantitative estimate of drug-likeness (QED) is 0.813. The normalized spacial score (nSPS) is 21.7. The minimum Gasteiger partial charge on any atom is -0.393 e. The number of hydrogen-bond donors (Lipinski definition) is 2. The topological polar surface area (TPSA) is 58.4 Å². The Morgan fingerprint density at radius 2 is 2.21 bits per heavy atom. The maximum Gasteiger partial charge on any atom is 0.237 e. The number of amides is 1. The summed E-state index contributed by atoms with van der Waals surface area (Å²) in [6.45, 7) is 3.41. The van der Waals surface area contributed by atoms with Crippen molar-refractivity contribution in [2.24, 2.45) is 5.73 Å². The second kappa shape index (κ2) is 6.12. The van der Waals surface area contributed by atoms with E-state index in [0.29, 0.717) is 18.0 Å². The molecule has 19 heavy (non-hydrogen) atoms. The van der Waals surface area contributed by atoms with Gasteiger partial charge in [-0.25, -0.2) is 0 Å². The number of benzene rings is 1. The molecule has 0 radical (unpaired) electrons. The van der Waals surface area contributed by atoms with Gasteiger partial charge in [0.2, 0.25) is 5.91 Å². The zero-order valence-electron chi connectivity index (χ0n) is 11.0. The van der Waals surface area contributed by atoms with E-state index in [1.807, 2.05) is 25.1 Å². The summed E-state index contributed by atoms with van der Waals surface area (Å²) < 4.78 is 0. The molecule has 1 fully saturated rings. The van der Waals surface area contributed by atoms with Gasteiger partial charge in [0, 0.05) is 25.6 Å². The minimum atomic E-state index is -0.159. The van der Waals surface area contributed by atoms with Crippen LogP contribution in [0.15, 0.2) is 30.3 Å². The lowest BCUT2D eigenvalue weighted by Crippen LogP contribution is -2.55. The van der Waals surface area contributed by atoms with Crippen LogP contribution in [0.1, 0.15) is 24.9 Å². The van der Waals surface area contributed by atoms with Gasteiger partial charge in [0.05, 0.1) is 11.0 Å². The third-order valence-electron chi connectivity index (χ3n) is 3.53. The van der Waals surface area contributed by atoms with Crippen LogP contribution < -0.4 is 11.1 Å². The fourth-order valence-corrected chi connectivity index (χ4v) is 2.68. The van der Waals surface area contributed by atoms with Crippen LogP contribution in [-0.4, -0.2) is 34.9 Å². The molecule has 1 amide bonds. The number of nitrogens with one attached hydrogen (secondary N) is 1. The molecule has 102 valence electrons. The molecule has 0 aliphatic carbocycles. The summed E-state index contributed by atoms with van der Waals surface area (Å²) in [6, 6.07) is 10.00. The Morgan fingerprint density at radius 3 is 2.84 bits per heavy atom. The maximum atomic E-state index is 11.8. The van der Waals surface area contributed by atoms with Crippen LogP contribution in [0, 0.1) is 0 Å². The molecule has 1 aromatic carbocycles. The minimum absolute atomic E-state index is 0.0649. The second-order valence-corrected chi connectivity index (χ2v) is 5.33. The van der Waals surface area contributed by atoms with Crippen molar-refractivity contribution in [2.45, 2.75) is 25.4 Å². The highest BCUT2D eigenvalue weighted by atomic mass is 32.1. The van der Waals surface area contributed by atoms with Crippen molar-refractivity contribution in [1.29, 1.82) is 0 Å². The van der Waals surface area contributed by atoms with E-state index in [2.05, 4.69) is 22.3 Å². The van der Waals surface area contributed by atoms with Gasteiger partial charge >= 0.3 is 0 Å². The van der Waals surface area contributed by atoms with Crippen molar-refractivity contribution in [3.05, 3.63) is 35.9 Å². The van der Waals surface area contributed by atoms with Crippen molar-refractivity contribution >= 4 is 23.1 Å². The SMILES string of the molecule is CC1C(=O)NCCN1C(CC(N)=S)c1ccccc1. The van der Waals surface area contributed by atoms with Crippen LogP contribution in [0.3, 0.4) is 0 Å². The fourth-order valence-electron chi connectivity index (χ4n) is 2.52. The van der Waals surface area contributed by atoms with Crippen LogP contribution in [0.5, 0.6) is 0 Å². The lowest BCUT2D eigenvalue weighted by molar-refractivity contribution is -0.129. The van der Waals surface area contributed by atoms with Gasteiger partial charge in [0.25, 0.3) is 0 Å². The molecule has 0 spiro atoms. The van der Waals surface area contributed by atoms with Crippen LogP contribution in [0.25, 0.3) is 0 Å². The summed E-state index contributed by atoms with van der Waals surface area (Å²) in [4.78, 5) is 14.5. The number of piperazine rings is 1. The molecule has 0 aromatic heterocycles. The third-order valence-corrected chi connectivity index (χ3v) is 3.69. The van der Waals surface area contributed by atoms with E-state index in [-0.39, 0.29) is 18.0 Å². The molecule has 3 N–H and O–H groups in total. The molecule has 1 aliphatic heterocycles. The van der Waals surface area contributed by atoms with Gasteiger partial charge < -0.3 is 11.1 Å². The molecule has 2 unspecified atom stereocenters. The number of nitrogens with zero attached hydrogens (tertiary/aromatic N) is 1. The van der Waals surface area contributed by atoms with E-state index in [9.17, 15) is 4.79 Å². The number of thiocarbonyl (C=S) groups is 1. The van der Waals surface area contributed by atoms with Crippen LogP contribution in [0.2, 0.25) is 0 Å². The number of rotatable bonds is 4. The maximum absolute atomic E-state index is 11.8. The monoisotopic (exact) mass is 277 g/mol. The largest absolute Gasteiger partial charge is 0.393 e. The standard InChI is InChI=1S/C14H19N3OS/c1-10-14(18)16-7-8-17(10)12(9-13(15)19)11-5-3-2-4-6-11/h2-6,10,12H,7-9H2,1H3,(H2,15,19)(H,16,18). The molecular weight excluding hydrogens is 258 g/mol. The Labute approximate surface area is 119 Å². The van der Waals surface area contributed by atoms with Crippen molar-refractivity contribution in [2.75, 3.05) is 13.1 Å². The van der Waals surface area contributed by atoms with Gasteiger partial charge in [-0.15, -0.1) is 0 Å². The average Bonchev–Trinajstić information content (AvgIpc) is 2.40. The first-order valence-corrected chi connectivity index (χ1v) is 6.87. The van der Waals surface area contributed by atoms with Gasteiger partial charge in [0.15, 0.2) is 0 Å². The molecule has 4 nitrogen and oxygen atoms in total. The smallest absolute Gasteiger partial charge is 0.237 e. The number of carbonyl (C=O) groups is 1. The highest BCUT2D eigenvalue weighted by Gasteiger charge is 2.32. The summed E-state index contributed by atoms with van der Waals surface area (Å²) in [7, 11) is 0. The first-order valence-electron chi connectivity index (χ1n) is 6.46. The summed E-state index contributed by atoms with van der Waals surface area (Å²) in [6.07, 6.45) is 0.594. The molecule has 1 aromatic rings. The van der Waals surface area contributed by atoms with E-state index < -0.39 is 0 Å². The molecule has 2 rings (SSSR count). The molecular formula is C14H19N3OS. The van der Waals surface area contributed by atoms with Crippen LogP contribution in [-0.2, 0) is 4.79 Å². The van der Waals surface area contributed by atoms with Crippen LogP contribution >= 0.6 is 12.2 Å². The average molecular weight is 277 g/mol.